The number of hydrogen-bond acceptors (Lipinski definition) is 1. The molecule has 0 heterocycles. The van der Waals surface area contributed by atoms with Crippen molar-refractivity contribution in [3.05, 3.63) is 70.8 Å². The second kappa shape index (κ2) is 7.04. The van der Waals surface area contributed by atoms with Crippen molar-refractivity contribution in [2.24, 2.45) is 0 Å². The molecule has 1 nitrogen and oxygen atoms in total. The Morgan fingerprint density at radius 1 is 1.00 bits per heavy atom. The van der Waals surface area contributed by atoms with Gasteiger partial charge in [-0.2, -0.15) is 0 Å². The van der Waals surface area contributed by atoms with Crippen molar-refractivity contribution in [2.45, 2.75) is 39.5 Å². The molecule has 1 heteroatoms. The minimum atomic E-state index is 0.192. The Morgan fingerprint density at radius 3 is 2.40 bits per heavy atom. The van der Waals surface area contributed by atoms with E-state index in [1.54, 1.807) is 0 Å². The summed E-state index contributed by atoms with van der Waals surface area (Å²) in [6.07, 6.45) is 3.99. The quantitative estimate of drug-likeness (QED) is 0.689. The molecule has 0 fully saturated rings. The molecule has 2 aromatic carbocycles. The van der Waals surface area contributed by atoms with Crippen LogP contribution in [0.2, 0.25) is 0 Å². The lowest BCUT2D eigenvalue weighted by atomic mass is 9.99. The van der Waals surface area contributed by atoms with Crippen LogP contribution < -0.4 is 0 Å². The lowest BCUT2D eigenvalue weighted by Crippen LogP contribution is -2.03. The molecule has 0 aliphatic heterocycles. The molecule has 2 aromatic rings. The van der Waals surface area contributed by atoms with Gasteiger partial charge in [0.2, 0.25) is 0 Å². The summed E-state index contributed by atoms with van der Waals surface area (Å²) in [5.41, 5.74) is 4.42. The van der Waals surface area contributed by atoms with Crippen LogP contribution in [0, 0.1) is 6.92 Å². The van der Waals surface area contributed by atoms with E-state index < -0.39 is 0 Å². The lowest BCUT2D eigenvalue weighted by Gasteiger charge is -2.04. The molecular weight excluding hydrogens is 244 g/mol. The average molecular weight is 266 g/mol. The number of carbonyl (C=O) groups is 1. The van der Waals surface area contributed by atoms with Gasteiger partial charge in [0.25, 0.3) is 0 Å². The third-order valence-electron chi connectivity index (χ3n) is 3.54. The number of carbonyl (C=O) groups excluding carboxylic acids is 1. The fourth-order valence-corrected chi connectivity index (χ4v) is 2.35. The average Bonchev–Trinajstić information content (AvgIpc) is 2.45. The highest BCUT2D eigenvalue weighted by molar-refractivity contribution is 5.97. The van der Waals surface area contributed by atoms with Crippen LogP contribution in [0.15, 0.2) is 48.5 Å². The summed E-state index contributed by atoms with van der Waals surface area (Å²) < 4.78 is 0. The second-order valence-electron chi connectivity index (χ2n) is 5.39. The van der Waals surface area contributed by atoms with Crippen LogP contribution in [-0.2, 0) is 12.8 Å². The Balaban J connectivity index is 2.02. The number of hydrogen-bond donors (Lipinski definition) is 0. The lowest BCUT2D eigenvalue weighted by molar-refractivity contribution is 0.0993. The van der Waals surface area contributed by atoms with Crippen molar-refractivity contribution in [2.75, 3.05) is 0 Å². The van der Waals surface area contributed by atoms with Crippen molar-refractivity contribution in [3.8, 4) is 0 Å². The van der Waals surface area contributed by atoms with Gasteiger partial charge >= 0.3 is 0 Å². The summed E-state index contributed by atoms with van der Waals surface area (Å²) >= 11 is 0. The van der Waals surface area contributed by atoms with Gasteiger partial charge in [0, 0.05) is 12.0 Å². The largest absolute Gasteiger partial charge is 0.294 e. The maximum Gasteiger partial charge on any atom is 0.167 e. The predicted octanol–water partition coefficient (Wildman–Crippen LogP) is 4.76. The summed E-state index contributed by atoms with van der Waals surface area (Å²) in [6, 6.07) is 16.2. The zero-order chi connectivity index (χ0) is 14.4. The smallest absolute Gasteiger partial charge is 0.167 e. The van der Waals surface area contributed by atoms with E-state index in [9.17, 15) is 4.79 Å². The summed E-state index contributed by atoms with van der Waals surface area (Å²) in [4.78, 5) is 12.3. The first kappa shape index (κ1) is 14.5. The number of unbranched alkanes of at least 4 members (excludes halogenated alkanes) is 1. The summed E-state index contributed by atoms with van der Waals surface area (Å²) in [6.45, 7) is 4.25. The Labute approximate surface area is 121 Å². The predicted molar refractivity (Wildman–Crippen MR) is 84.3 cm³/mol. The summed E-state index contributed by atoms with van der Waals surface area (Å²) in [5, 5.41) is 0. The van der Waals surface area contributed by atoms with E-state index in [0.29, 0.717) is 6.42 Å². The van der Waals surface area contributed by atoms with E-state index in [0.717, 1.165) is 17.5 Å². The van der Waals surface area contributed by atoms with Crippen molar-refractivity contribution in [3.63, 3.8) is 0 Å². The number of rotatable bonds is 6. The molecule has 0 atom stereocenters. The highest BCUT2D eigenvalue weighted by atomic mass is 16.1. The second-order valence-corrected chi connectivity index (χ2v) is 5.39. The van der Waals surface area contributed by atoms with E-state index in [1.807, 2.05) is 24.3 Å². The SMILES string of the molecule is CCCCc1ccc(C(=O)Cc2cccc(C)c2)cc1. The first-order valence-corrected chi connectivity index (χ1v) is 7.36. The first-order valence-electron chi connectivity index (χ1n) is 7.36. The first-order chi connectivity index (χ1) is 9.69. The Kier molecular flexibility index (Phi) is 5.11. The topological polar surface area (TPSA) is 17.1 Å². The zero-order valence-corrected chi connectivity index (χ0v) is 12.4. The van der Waals surface area contributed by atoms with Gasteiger partial charge in [-0.1, -0.05) is 67.4 Å². The fraction of sp³-hybridized carbons (Fsp3) is 0.316. The molecule has 0 saturated carbocycles. The fourth-order valence-electron chi connectivity index (χ4n) is 2.35. The van der Waals surface area contributed by atoms with Crippen LogP contribution in [0.25, 0.3) is 0 Å². The highest BCUT2D eigenvalue weighted by Crippen LogP contribution is 2.12. The zero-order valence-electron chi connectivity index (χ0n) is 12.4. The molecule has 0 aliphatic carbocycles. The Bertz CT molecular complexity index is 567. The van der Waals surface area contributed by atoms with Gasteiger partial charge in [0.15, 0.2) is 5.78 Å². The molecule has 0 saturated heterocycles. The molecule has 0 unspecified atom stereocenters. The molecule has 0 amide bonds. The molecular formula is C19H22O. The van der Waals surface area contributed by atoms with Gasteiger partial charge in [-0.15, -0.1) is 0 Å². The molecule has 0 N–H and O–H groups in total. The van der Waals surface area contributed by atoms with Crippen LogP contribution in [0.5, 0.6) is 0 Å². The van der Waals surface area contributed by atoms with E-state index in [2.05, 4.69) is 38.1 Å². The van der Waals surface area contributed by atoms with Crippen molar-refractivity contribution in [1.29, 1.82) is 0 Å². The minimum absolute atomic E-state index is 0.192. The van der Waals surface area contributed by atoms with E-state index in [1.165, 1.54) is 24.0 Å². The molecule has 104 valence electrons. The summed E-state index contributed by atoms with van der Waals surface area (Å²) in [7, 11) is 0. The van der Waals surface area contributed by atoms with Crippen molar-refractivity contribution in [1.82, 2.24) is 0 Å². The molecule has 0 aliphatic rings. The maximum atomic E-state index is 12.3. The minimum Gasteiger partial charge on any atom is -0.294 e. The van der Waals surface area contributed by atoms with Crippen molar-refractivity contribution < 1.29 is 4.79 Å². The van der Waals surface area contributed by atoms with Crippen molar-refractivity contribution >= 4 is 5.78 Å². The van der Waals surface area contributed by atoms with Crippen LogP contribution in [-0.4, -0.2) is 5.78 Å². The monoisotopic (exact) mass is 266 g/mol. The van der Waals surface area contributed by atoms with Gasteiger partial charge in [-0.3, -0.25) is 4.79 Å². The van der Waals surface area contributed by atoms with E-state index in [-0.39, 0.29) is 5.78 Å². The maximum absolute atomic E-state index is 12.3. The number of ketones is 1. The standard InChI is InChI=1S/C19H22O/c1-3-4-7-16-9-11-18(12-10-16)19(20)14-17-8-5-6-15(2)13-17/h5-6,8-13H,3-4,7,14H2,1-2H3. The number of aryl methyl sites for hydroxylation is 2. The normalized spacial score (nSPS) is 10.5. The number of benzene rings is 2. The van der Waals surface area contributed by atoms with E-state index in [4.69, 9.17) is 0 Å². The molecule has 0 radical (unpaired) electrons. The summed E-state index contributed by atoms with van der Waals surface area (Å²) in [5.74, 6) is 0.192. The third-order valence-corrected chi connectivity index (χ3v) is 3.54. The molecule has 0 spiro atoms. The molecule has 20 heavy (non-hydrogen) atoms. The van der Waals surface area contributed by atoms with Crippen LogP contribution in [0.4, 0.5) is 0 Å². The highest BCUT2D eigenvalue weighted by Gasteiger charge is 2.07. The van der Waals surface area contributed by atoms with E-state index >= 15 is 0 Å². The molecule has 0 aromatic heterocycles. The Morgan fingerprint density at radius 2 is 1.75 bits per heavy atom. The van der Waals surface area contributed by atoms with Crippen LogP contribution >= 0.6 is 0 Å². The third kappa shape index (κ3) is 4.06. The Hall–Kier alpha value is -1.89. The van der Waals surface area contributed by atoms with Crippen LogP contribution in [0.3, 0.4) is 0 Å². The van der Waals surface area contributed by atoms with Gasteiger partial charge < -0.3 is 0 Å². The van der Waals surface area contributed by atoms with Gasteiger partial charge in [0.1, 0.15) is 0 Å². The van der Waals surface area contributed by atoms with Gasteiger partial charge in [-0.25, -0.2) is 0 Å². The van der Waals surface area contributed by atoms with Gasteiger partial charge in [0.05, 0.1) is 0 Å². The van der Waals surface area contributed by atoms with Gasteiger partial charge in [-0.05, 0) is 30.9 Å². The molecule has 2 rings (SSSR count). The number of Topliss-reactive ketones (excluding diaryl/α,β-unsaturated/α-hetero) is 1. The van der Waals surface area contributed by atoms with Crippen LogP contribution in [0.1, 0.15) is 46.8 Å². The molecule has 0 bridgehead atoms.